The molecule has 22 heavy (non-hydrogen) atoms. The third-order valence-electron chi connectivity index (χ3n) is 4.36. The molecule has 6 nitrogen and oxygen atoms in total. The third kappa shape index (κ3) is 2.00. The van der Waals surface area contributed by atoms with Crippen molar-refractivity contribution in [3.05, 3.63) is 29.3 Å². The van der Waals surface area contributed by atoms with Crippen molar-refractivity contribution in [1.82, 2.24) is 0 Å². The average Bonchev–Trinajstić information content (AvgIpc) is 2.90. The van der Waals surface area contributed by atoms with Gasteiger partial charge in [-0.2, -0.15) is 0 Å². The van der Waals surface area contributed by atoms with E-state index in [4.69, 9.17) is 11.5 Å². The Morgan fingerprint density at radius 2 is 2.27 bits per heavy atom. The van der Waals surface area contributed by atoms with E-state index < -0.39 is 5.66 Å². The Morgan fingerprint density at radius 3 is 3.14 bits per heavy atom. The average molecular weight is 314 g/mol. The molecular weight excluding hydrogens is 296 g/mol. The summed E-state index contributed by atoms with van der Waals surface area (Å²) in [6.07, 6.45) is 3.81. The zero-order valence-electron chi connectivity index (χ0n) is 12.4. The molecule has 7 heteroatoms. The third-order valence-corrected chi connectivity index (χ3v) is 5.23. The zero-order chi connectivity index (χ0) is 15.3. The second-order valence-electron chi connectivity index (χ2n) is 5.80. The monoisotopic (exact) mass is 314 g/mol. The van der Waals surface area contributed by atoms with E-state index in [1.807, 2.05) is 0 Å². The predicted molar refractivity (Wildman–Crippen MR) is 92.8 cm³/mol. The van der Waals surface area contributed by atoms with E-state index in [0.29, 0.717) is 5.71 Å². The maximum Gasteiger partial charge on any atom is 0.181 e. The van der Waals surface area contributed by atoms with Gasteiger partial charge >= 0.3 is 0 Å². The van der Waals surface area contributed by atoms with Crippen molar-refractivity contribution in [2.45, 2.75) is 24.0 Å². The molecule has 3 aliphatic heterocycles. The van der Waals surface area contributed by atoms with Gasteiger partial charge < -0.3 is 10.6 Å². The molecule has 0 aromatic heterocycles. The van der Waals surface area contributed by atoms with Crippen LogP contribution in [0.4, 0.5) is 5.69 Å². The Balaban J connectivity index is 1.81. The molecule has 0 radical (unpaired) electrons. The van der Waals surface area contributed by atoms with Crippen LogP contribution < -0.4 is 16.4 Å². The van der Waals surface area contributed by atoms with Crippen LogP contribution in [-0.2, 0) is 12.1 Å². The van der Waals surface area contributed by atoms with Gasteiger partial charge in [0, 0.05) is 24.8 Å². The van der Waals surface area contributed by atoms with Gasteiger partial charge in [-0.1, -0.05) is 23.9 Å². The highest BCUT2D eigenvalue weighted by Crippen LogP contribution is 2.36. The molecule has 0 aliphatic carbocycles. The summed E-state index contributed by atoms with van der Waals surface area (Å²) in [6, 6.07) is 6.33. The molecule has 0 saturated heterocycles. The summed E-state index contributed by atoms with van der Waals surface area (Å²) in [5, 5.41) is 0.774. The lowest BCUT2D eigenvalue weighted by Gasteiger charge is -2.32. The fraction of sp³-hybridized carbons (Fsp3) is 0.400. The molecule has 0 spiro atoms. The molecule has 0 fully saturated rings. The van der Waals surface area contributed by atoms with Gasteiger partial charge in [-0.3, -0.25) is 10.7 Å². The number of anilines is 1. The summed E-state index contributed by atoms with van der Waals surface area (Å²) in [5.74, 6) is 0. The van der Waals surface area contributed by atoms with Crippen LogP contribution in [0.3, 0.4) is 0 Å². The van der Waals surface area contributed by atoms with Gasteiger partial charge in [0.2, 0.25) is 0 Å². The molecule has 1 aromatic carbocycles. The van der Waals surface area contributed by atoms with Gasteiger partial charge in [0.15, 0.2) is 11.2 Å². The van der Waals surface area contributed by atoms with Gasteiger partial charge in [0.25, 0.3) is 0 Å². The minimum absolute atomic E-state index is 0.348. The molecule has 0 amide bonds. The molecule has 0 saturated carbocycles. The first-order valence-corrected chi connectivity index (χ1v) is 8.22. The summed E-state index contributed by atoms with van der Waals surface area (Å²) in [4.78, 5) is 15.4. The number of benzene rings is 1. The lowest BCUT2D eigenvalue weighted by Crippen LogP contribution is -2.47. The van der Waals surface area contributed by atoms with Crippen LogP contribution in [0.15, 0.2) is 33.2 Å². The van der Waals surface area contributed by atoms with E-state index in [1.165, 1.54) is 35.8 Å². The lowest BCUT2D eigenvalue weighted by molar-refractivity contribution is 0.640. The van der Waals surface area contributed by atoms with Gasteiger partial charge in [0.05, 0.1) is 0 Å². The second kappa shape index (κ2) is 4.91. The minimum atomic E-state index is -0.995. The summed E-state index contributed by atoms with van der Waals surface area (Å²) in [6.45, 7) is 1.06. The van der Waals surface area contributed by atoms with Crippen LogP contribution in [0.1, 0.15) is 17.5 Å². The molecule has 2 unspecified atom stereocenters. The summed E-state index contributed by atoms with van der Waals surface area (Å²) >= 11 is 1.42. The van der Waals surface area contributed by atoms with Gasteiger partial charge in [-0.05, 0) is 24.5 Å². The number of hydrogen-bond donors (Lipinski definition) is 2. The van der Waals surface area contributed by atoms with Gasteiger partial charge in [0.1, 0.15) is 17.1 Å². The first-order chi connectivity index (χ1) is 10.6. The molecular formula is C15H18N6S. The lowest BCUT2D eigenvalue weighted by atomic mass is 9.91. The van der Waals surface area contributed by atoms with E-state index in [2.05, 4.69) is 45.1 Å². The Morgan fingerprint density at radius 1 is 1.41 bits per heavy atom. The molecule has 4 N–H and O–H groups in total. The van der Waals surface area contributed by atoms with Crippen molar-refractivity contribution >= 4 is 34.5 Å². The van der Waals surface area contributed by atoms with E-state index >= 15 is 0 Å². The Hall–Kier alpha value is -1.70. The summed E-state index contributed by atoms with van der Waals surface area (Å²) in [7, 11) is 2.11. The van der Waals surface area contributed by atoms with Crippen molar-refractivity contribution in [2.24, 2.45) is 26.4 Å². The second-order valence-corrected chi connectivity index (χ2v) is 6.91. The summed E-state index contributed by atoms with van der Waals surface area (Å²) in [5.41, 5.74) is 15.3. The quantitative estimate of drug-likeness (QED) is 0.810. The van der Waals surface area contributed by atoms with Crippen molar-refractivity contribution in [1.29, 1.82) is 0 Å². The van der Waals surface area contributed by atoms with Crippen molar-refractivity contribution in [2.75, 3.05) is 18.5 Å². The van der Waals surface area contributed by atoms with E-state index in [0.717, 1.165) is 23.6 Å². The fourth-order valence-corrected chi connectivity index (χ4v) is 3.99. The largest absolute Gasteiger partial charge is 0.374 e. The van der Waals surface area contributed by atoms with Gasteiger partial charge in [-0.25, -0.2) is 9.98 Å². The normalized spacial score (nSPS) is 29.8. The molecule has 2 atom stereocenters. The first kappa shape index (κ1) is 13.9. The predicted octanol–water partition coefficient (Wildman–Crippen LogP) is 1.05. The Kier molecular flexibility index (Phi) is 3.11. The molecule has 1 aromatic rings. The van der Waals surface area contributed by atoms with Crippen LogP contribution in [-0.4, -0.2) is 36.2 Å². The molecule has 114 valence electrons. The topological polar surface area (TPSA) is 92.4 Å². The SMILES string of the molecule is CN1CCCc2ccc(C3(N)N=CN=C4SC(N)N=C43)cc21. The zero-order valence-corrected chi connectivity index (χ0v) is 13.2. The van der Waals surface area contributed by atoms with Crippen molar-refractivity contribution < 1.29 is 0 Å². The van der Waals surface area contributed by atoms with Crippen LogP contribution >= 0.6 is 11.8 Å². The fourth-order valence-electron chi connectivity index (χ4n) is 3.17. The Labute approximate surface area is 133 Å². The smallest absolute Gasteiger partial charge is 0.181 e. The number of nitrogens with zero attached hydrogens (tertiary/aromatic N) is 4. The van der Waals surface area contributed by atoms with Crippen molar-refractivity contribution in [3.8, 4) is 0 Å². The minimum Gasteiger partial charge on any atom is -0.374 e. The highest BCUT2D eigenvalue weighted by atomic mass is 32.2. The maximum absolute atomic E-state index is 6.61. The van der Waals surface area contributed by atoms with Gasteiger partial charge in [-0.15, -0.1) is 0 Å². The number of rotatable bonds is 1. The van der Waals surface area contributed by atoms with Crippen LogP contribution in [0.5, 0.6) is 0 Å². The van der Waals surface area contributed by atoms with E-state index in [-0.39, 0.29) is 5.50 Å². The summed E-state index contributed by atoms with van der Waals surface area (Å²) < 4.78 is 0. The molecule has 3 heterocycles. The molecule has 0 bridgehead atoms. The maximum atomic E-state index is 6.61. The van der Waals surface area contributed by atoms with E-state index in [1.54, 1.807) is 0 Å². The van der Waals surface area contributed by atoms with Crippen LogP contribution in [0.25, 0.3) is 0 Å². The number of hydrogen-bond acceptors (Lipinski definition) is 7. The van der Waals surface area contributed by atoms with Crippen LogP contribution in [0.2, 0.25) is 0 Å². The first-order valence-electron chi connectivity index (χ1n) is 7.34. The standard InChI is InChI=1S/C15H18N6S/c1-21-6-2-3-9-4-5-10(7-11(9)21)15(17)12-13(18-8-19-15)22-14(16)20-12/h4-5,7-8,14H,2-3,6,16-17H2,1H3. The number of aryl methyl sites for hydroxylation is 1. The number of aliphatic imine (C=N–C) groups is 3. The highest BCUT2D eigenvalue weighted by molar-refractivity contribution is 8.16. The Bertz CT molecular complexity index is 725. The highest BCUT2D eigenvalue weighted by Gasteiger charge is 2.42. The van der Waals surface area contributed by atoms with Crippen molar-refractivity contribution in [3.63, 3.8) is 0 Å². The van der Waals surface area contributed by atoms with E-state index in [9.17, 15) is 0 Å². The number of thioether (sulfide) groups is 1. The molecule has 3 aliphatic rings. The number of nitrogens with two attached hydrogens (primary N) is 2. The van der Waals surface area contributed by atoms with Crippen LogP contribution in [0, 0.1) is 0 Å². The number of fused-ring (bicyclic) bond motifs is 2. The molecule has 4 rings (SSSR count).